The Hall–Kier alpha value is -4.06. The maximum absolute atomic E-state index is 13.7. The number of ether oxygens (including phenoxy) is 1. The van der Waals surface area contributed by atoms with Gasteiger partial charge >= 0.3 is 0 Å². The van der Waals surface area contributed by atoms with Crippen LogP contribution in [0, 0.1) is 13.8 Å². The highest BCUT2D eigenvalue weighted by Gasteiger charge is 2.25. The van der Waals surface area contributed by atoms with E-state index < -0.39 is 0 Å². The molecular formula is C29H29N3O3. The molecule has 178 valence electrons. The van der Waals surface area contributed by atoms with E-state index in [0.717, 1.165) is 13.1 Å². The highest BCUT2D eigenvalue weighted by Crippen LogP contribution is 2.25. The van der Waals surface area contributed by atoms with E-state index in [1.54, 1.807) is 23.9 Å². The quantitative estimate of drug-likeness (QED) is 0.441. The van der Waals surface area contributed by atoms with Crippen LogP contribution in [-0.2, 0) is 0 Å². The van der Waals surface area contributed by atoms with Crippen LogP contribution in [0.3, 0.4) is 0 Å². The van der Waals surface area contributed by atoms with Gasteiger partial charge in [0.1, 0.15) is 5.75 Å². The molecule has 0 spiro atoms. The van der Waals surface area contributed by atoms with Gasteiger partial charge in [-0.2, -0.15) is 0 Å². The van der Waals surface area contributed by atoms with E-state index >= 15 is 0 Å². The van der Waals surface area contributed by atoms with Crippen LogP contribution in [0.25, 0.3) is 16.5 Å². The Bertz CT molecular complexity index is 1450. The predicted octanol–water partition coefficient (Wildman–Crippen LogP) is 4.58. The Labute approximate surface area is 205 Å². The first kappa shape index (κ1) is 22.7. The molecule has 4 aromatic rings. The fraction of sp³-hybridized carbons (Fsp3) is 0.241. The minimum Gasteiger partial charge on any atom is -0.497 e. The summed E-state index contributed by atoms with van der Waals surface area (Å²) in [5.41, 5.74) is 4.79. The first-order valence-corrected chi connectivity index (χ1v) is 11.9. The second-order valence-corrected chi connectivity index (χ2v) is 9.03. The molecule has 6 nitrogen and oxygen atoms in total. The number of benzene rings is 3. The Morgan fingerprint density at radius 2 is 1.54 bits per heavy atom. The van der Waals surface area contributed by atoms with Gasteiger partial charge in [0.2, 0.25) is 0 Å². The van der Waals surface area contributed by atoms with Crippen LogP contribution in [0.15, 0.2) is 77.7 Å². The number of carbonyl (C=O) groups excluding carboxylic acids is 1. The first-order chi connectivity index (χ1) is 17.0. The molecule has 1 aliphatic rings. The highest BCUT2D eigenvalue weighted by atomic mass is 16.5. The molecule has 0 N–H and O–H groups in total. The van der Waals surface area contributed by atoms with Crippen LogP contribution in [-0.4, -0.2) is 48.7 Å². The number of aromatic nitrogens is 1. The monoisotopic (exact) mass is 467 g/mol. The molecule has 1 aliphatic heterocycles. The number of aryl methyl sites for hydroxylation is 2. The van der Waals surface area contributed by atoms with Gasteiger partial charge in [-0.25, -0.2) is 0 Å². The maximum Gasteiger partial charge on any atom is 0.262 e. The zero-order valence-corrected chi connectivity index (χ0v) is 20.3. The number of methoxy groups -OCH3 is 1. The fourth-order valence-corrected chi connectivity index (χ4v) is 4.78. The molecule has 0 atom stereocenters. The Morgan fingerprint density at radius 1 is 0.857 bits per heavy atom. The molecule has 5 rings (SSSR count). The number of anilines is 1. The SMILES string of the molecule is COc1ccc(-n2cc(C(=O)N3CCN(c4cc(C)ccc4C)CC3)c3ccccc3c2=O)cc1. The van der Waals surface area contributed by atoms with Gasteiger partial charge in [-0.05, 0) is 61.4 Å². The standard InChI is InChI=1S/C29H29N3O3/c1-20-8-9-21(2)27(18-20)30-14-16-31(17-15-30)28(33)26-19-32(22-10-12-23(35-3)13-11-22)29(34)25-7-5-4-6-24(25)26/h4-13,18-19H,14-17H2,1-3H3. The maximum atomic E-state index is 13.7. The Balaban J connectivity index is 1.47. The molecule has 0 unspecified atom stereocenters. The summed E-state index contributed by atoms with van der Waals surface area (Å²) >= 11 is 0. The number of piperazine rings is 1. The summed E-state index contributed by atoms with van der Waals surface area (Å²) in [6, 6.07) is 21.1. The lowest BCUT2D eigenvalue weighted by molar-refractivity contribution is 0.0748. The van der Waals surface area contributed by atoms with Crippen LogP contribution in [0.5, 0.6) is 5.75 Å². The molecule has 0 bridgehead atoms. The molecule has 0 aliphatic carbocycles. The van der Waals surface area contributed by atoms with Crippen LogP contribution in [0.1, 0.15) is 21.5 Å². The zero-order chi connectivity index (χ0) is 24.5. The van der Waals surface area contributed by atoms with E-state index in [0.29, 0.717) is 40.9 Å². The number of hydrogen-bond acceptors (Lipinski definition) is 4. The smallest absolute Gasteiger partial charge is 0.262 e. The van der Waals surface area contributed by atoms with E-state index in [-0.39, 0.29) is 11.5 Å². The summed E-state index contributed by atoms with van der Waals surface area (Å²) in [6.07, 6.45) is 1.69. The van der Waals surface area contributed by atoms with Gasteiger partial charge in [-0.15, -0.1) is 0 Å². The van der Waals surface area contributed by atoms with Crippen LogP contribution in [0.4, 0.5) is 5.69 Å². The number of hydrogen-bond donors (Lipinski definition) is 0. The van der Waals surface area contributed by atoms with Gasteiger partial charge < -0.3 is 14.5 Å². The number of amides is 1. The molecule has 1 amide bonds. The average Bonchev–Trinajstić information content (AvgIpc) is 2.90. The van der Waals surface area contributed by atoms with Gasteiger partial charge in [0.05, 0.1) is 12.7 Å². The third-order valence-corrected chi connectivity index (χ3v) is 6.78. The van der Waals surface area contributed by atoms with Gasteiger partial charge in [0, 0.05) is 54.5 Å². The number of rotatable bonds is 4. The predicted molar refractivity (Wildman–Crippen MR) is 140 cm³/mol. The van der Waals surface area contributed by atoms with E-state index in [4.69, 9.17) is 4.74 Å². The van der Waals surface area contributed by atoms with Crippen molar-refractivity contribution in [1.82, 2.24) is 9.47 Å². The van der Waals surface area contributed by atoms with E-state index in [2.05, 4.69) is 36.9 Å². The van der Waals surface area contributed by atoms with Gasteiger partial charge in [0.25, 0.3) is 11.5 Å². The third-order valence-electron chi connectivity index (χ3n) is 6.78. The van der Waals surface area contributed by atoms with Crippen molar-refractivity contribution in [3.8, 4) is 11.4 Å². The van der Waals surface area contributed by atoms with E-state index in [9.17, 15) is 9.59 Å². The molecule has 1 aromatic heterocycles. The zero-order valence-electron chi connectivity index (χ0n) is 20.3. The van der Waals surface area contributed by atoms with Crippen LogP contribution >= 0.6 is 0 Å². The molecule has 3 aromatic carbocycles. The topological polar surface area (TPSA) is 54.8 Å². The summed E-state index contributed by atoms with van der Waals surface area (Å²) in [7, 11) is 1.61. The molecule has 35 heavy (non-hydrogen) atoms. The molecule has 0 radical (unpaired) electrons. The molecule has 1 saturated heterocycles. The summed E-state index contributed by atoms with van der Waals surface area (Å²) in [4.78, 5) is 31.3. The number of pyridine rings is 1. The molecule has 0 saturated carbocycles. The van der Waals surface area contributed by atoms with Gasteiger partial charge in [0.15, 0.2) is 0 Å². The summed E-state index contributed by atoms with van der Waals surface area (Å²) in [5, 5.41) is 1.22. The van der Waals surface area contributed by atoms with Crippen molar-refractivity contribution < 1.29 is 9.53 Å². The van der Waals surface area contributed by atoms with Gasteiger partial charge in [-0.1, -0.05) is 30.3 Å². The molecule has 2 heterocycles. The lowest BCUT2D eigenvalue weighted by Crippen LogP contribution is -2.49. The van der Waals surface area contributed by atoms with Crippen molar-refractivity contribution in [2.45, 2.75) is 13.8 Å². The fourth-order valence-electron chi connectivity index (χ4n) is 4.78. The first-order valence-electron chi connectivity index (χ1n) is 11.9. The van der Waals surface area contributed by atoms with Crippen LogP contribution < -0.4 is 15.2 Å². The van der Waals surface area contributed by atoms with Crippen molar-refractivity contribution in [1.29, 1.82) is 0 Å². The minimum absolute atomic E-state index is 0.0518. The average molecular weight is 468 g/mol. The van der Waals surface area contributed by atoms with Crippen molar-refractivity contribution in [3.05, 3.63) is 100.0 Å². The van der Waals surface area contributed by atoms with E-state index in [1.165, 1.54) is 16.8 Å². The summed E-state index contributed by atoms with van der Waals surface area (Å²) in [5.74, 6) is 0.657. The number of fused-ring (bicyclic) bond motifs is 1. The highest BCUT2D eigenvalue weighted by molar-refractivity contribution is 6.06. The second kappa shape index (κ2) is 9.29. The van der Waals surface area contributed by atoms with Gasteiger partial charge in [-0.3, -0.25) is 14.2 Å². The number of carbonyl (C=O) groups is 1. The van der Waals surface area contributed by atoms with Crippen molar-refractivity contribution in [3.63, 3.8) is 0 Å². The van der Waals surface area contributed by atoms with Crippen molar-refractivity contribution in [2.75, 3.05) is 38.2 Å². The molecular weight excluding hydrogens is 438 g/mol. The second-order valence-electron chi connectivity index (χ2n) is 9.03. The molecule has 1 fully saturated rings. The normalized spacial score (nSPS) is 13.8. The molecule has 6 heteroatoms. The lowest BCUT2D eigenvalue weighted by Gasteiger charge is -2.37. The number of nitrogens with zero attached hydrogens (tertiary/aromatic N) is 3. The van der Waals surface area contributed by atoms with E-state index in [1.807, 2.05) is 47.4 Å². The Kier molecular flexibility index (Phi) is 6.03. The lowest BCUT2D eigenvalue weighted by atomic mass is 10.1. The van der Waals surface area contributed by atoms with Crippen LogP contribution in [0.2, 0.25) is 0 Å². The largest absolute Gasteiger partial charge is 0.497 e. The third kappa shape index (κ3) is 4.28. The van der Waals surface area contributed by atoms with Crippen molar-refractivity contribution >= 4 is 22.4 Å². The Morgan fingerprint density at radius 3 is 2.23 bits per heavy atom. The van der Waals surface area contributed by atoms with Crippen molar-refractivity contribution in [2.24, 2.45) is 0 Å². The minimum atomic E-state index is -0.151. The summed E-state index contributed by atoms with van der Waals surface area (Å²) in [6.45, 7) is 7.02. The summed E-state index contributed by atoms with van der Waals surface area (Å²) < 4.78 is 6.81.